The zero-order valence-corrected chi connectivity index (χ0v) is 16.3. The van der Waals surface area contributed by atoms with E-state index in [2.05, 4.69) is 17.4 Å². The summed E-state index contributed by atoms with van der Waals surface area (Å²) in [6, 6.07) is 15.8. The van der Waals surface area contributed by atoms with Gasteiger partial charge in [0.1, 0.15) is 0 Å². The average molecular weight is 400 g/mol. The maximum Gasteiger partial charge on any atom is 0.230 e. The molecule has 1 amide bonds. The van der Waals surface area contributed by atoms with E-state index in [4.69, 9.17) is 23.2 Å². The SMILES string of the molecule is O=C(CSCc1ccc(Cl)cc1Cl)NCCSCc1ccccc1. The van der Waals surface area contributed by atoms with Gasteiger partial charge >= 0.3 is 0 Å². The van der Waals surface area contributed by atoms with Crippen molar-refractivity contribution in [1.82, 2.24) is 5.32 Å². The van der Waals surface area contributed by atoms with Crippen LogP contribution in [0.25, 0.3) is 0 Å². The maximum atomic E-state index is 11.8. The lowest BCUT2D eigenvalue weighted by atomic mass is 10.2. The van der Waals surface area contributed by atoms with E-state index in [1.807, 2.05) is 42.1 Å². The van der Waals surface area contributed by atoms with E-state index in [-0.39, 0.29) is 5.91 Å². The zero-order valence-electron chi connectivity index (χ0n) is 13.1. The fraction of sp³-hybridized carbons (Fsp3) is 0.278. The fourth-order valence-corrected chi connectivity index (χ4v) is 4.20. The van der Waals surface area contributed by atoms with Crippen LogP contribution in [0.15, 0.2) is 48.5 Å². The van der Waals surface area contributed by atoms with Crippen molar-refractivity contribution in [2.45, 2.75) is 11.5 Å². The number of nitrogens with one attached hydrogen (secondary N) is 1. The summed E-state index contributed by atoms with van der Waals surface area (Å²) in [6.07, 6.45) is 0. The molecule has 0 saturated carbocycles. The molecule has 0 spiro atoms. The molecule has 1 N–H and O–H groups in total. The molecule has 0 saturated heterocycles. The van der Waals surface area contributed by atoms with Gasteiger partial charge in [0.15, 0.2) is 0 Å². The second-order valence-electron chi connectivity index (χ2n) is 5.12. The summed E-state index contributed by atoms with van der Waals surface area (Å²) >= 11 is 15.3. The average Bonchev–Trinajstić information content (AvgIpc) is 2.57. The fourth-order valence-electron chi connectivity index (χ4n) is 1.97. The van der Waals surface area contributed by atoms with Crippen molar-refractivity contribution in [3.8, 4) is 0 Å². The third kappa shape index (κ3) is 7.39. The highest BCUT2D eigenvalue weighted by molar-refractivity contribution is 7.99. The van der Waals surface area contributed by atoms with Gasteiger partial charge in [-0.05, 0) is 23.3 Å². The van der Waals surface area contributed by atoms with Gasteiger partial charge in [0.25, 0.3) is 0 Å². The van der Waals surface area contributed by atoms with Crippen LogP contribution in [0.2, 0.25) is 10.0 Å². The van der Waals surface area contributed by atoms with E-state index < -0.39 is 0 Å². The van der Waals surface area contributed by atoms with Gasteiger partial charge in [0.2, 0.25) is 5.91 Å². The summed E-state index contributed by atoms with van der Waals surface area (Å²) in [4.78, 5) is 11.8. The lowest BCUT2D eigenvalue weighted by Crippen LogP contribution is -2.27. The summed E-state index contributed by atoms with van der Waals surface area (Å²) in [7, 11) is 0. The summed E-state index contributed by atoms with van der Waals surface area (Å²) in [5.41, 5.74) is 2.31. The summed E-state index contributed by atoms with van der Waals surface area (Å²) < 4.78 is 0. The molecular formula is C18H19Cl2NOS2. The van der Waals surface area contributed by atoms with Crippen molar-refractivity contribution in [3.05, 3.63) is 69.7 Å². The molecule has 0 aliphatic carbocycles. The lowest BCUT2D eigenvalue weighted by Gasteiger charge is -2.07. The first-order chi connectivity index (χ1) is 11.6. The number of thioether (sulfide) groups is 2. The van der Waals surface area contributed by atoms with E-state index in [9.17, 15) is 4.79 Å². The van der Waals surface area contributed by atoms with Crippen LogP contribution < -0.4 is 5.32 Å². The van der Waals surface area contributed by atoms with Gasteiger partial charge in [0, 0.05) is 33.8 Å². The predicted molar refractivity (Wildman–Crippen MR) is 108 cm³/mol. The highest BCUT2D eigenvalue weighted by atomic mass is 35.5. The zero-order chi connectivity index (χ0) is 17.2. The molecular weight excluding hydrogens is 381 g/mol. The second kappa shape index (κ2) is 10.9. The largest absolute Gasteiger partial charge is 0.355 e. The van der Waals surface area contributed by atoms with Crippen LogP contribution in [-0.2, 0) is 16.3 Å². The van der Waals surface area contributed by atoms with Gasteiger partial charge in [0.05, 0.1) is 5.75 Å². The van der Waals surface area contributed by atoms with Crippen molar-refractivity contribution in [2.24, 2.45) is 0 Å². The normalized spacial score (nSPS) is 10.6. The Morgan fingerprint density at radius 3 is 2.54 bits per heavy atom. The first kappa shape index (κ1) is 19.5. The Balaban J connectivity index is 1.55. The molecule has 0 aliphatic rings. The monoisotopic (exact) mass is 399 g/mol. The Morgan fingerprint density at radius 2 is 1.79 bits per heavy atom. The Morgan fingerprint density at radius 1 is 1.00 bits per heavy atom. The molecule has 6 heteroatoms. The summed E-state index contributed by atoms with van der Waals surface area (Å²) in [6.45, 7) is 0.693. The number of carbonyl (C=O) groups excluding carboxylic acids is 1. The molecule has 24 heavy (non-hydrogen) atoms. The topological polar surface area (TPSA) is 29.1 Å². The van der Waals surface area contributed by atoms with Crippen molar-refractivity contribution < 1.29 is 4.79 Å². The molecule has 0 unspecified atom stereocenters. The molecule has 2 nitrogen and oxygen atoms in total. The third-order valence-corrected chi connectivity index (χ3v) is 5.78. The first-order valence-corrected chi connectivity index (χ1v) is 10.6. The lowest BCUT2D eigenvalue weighted by molar-refractivity contribution is -0.118. The van der Waals surface area contributed by atoms with Crippen LogP contribution in [-0.4, -0.2) is 24.0 Å². The van der Waals surface area contributed by atoms with E-state index in [1.54, 1.807) is 17.8 Å². The number of halogens is 2. The summed E-state index contributed by atoms with van der Waals surface area (Å²) in [5.74, 6) is 3.08. The molecule has 2 aromatic carbocycles. The van der Waals surface area contributed by atoms with E-state index in [1.165, 1.54) is 5.56 Å². The predicted octanol–water partition coefficient (Wildman–Crippen LogP) is 5.28. The minimum Gasteiger partial charge on any atom is -0.355 e. The molecule has 0 aliphatic heterocycles. The molecule has 0 heterocycles. The first-order valence-electron chi connectivity index (χ1n) is 7.55. The Labute approximate surface area is 161 Å². The van der Waals surface area contributed by atoms with Crippen LogP contribution in [0.3, 0.4) is 0 Å². The van der Waals surface area contributed by atoms with E-state index in [0.29, 0.717) is 28.1 Å². The number of hydrogen-bond acceptors (Lipinski definition) is 3. The minimum atomic E-state index is 0.0606. The highest BCUT2D eigenvalue weighted by Crippen LogP contribution is 2.24. The highest BCUT2D eigenvalue weighted by Gasteiger charge is 2.05. The molecule has 0 bridgehead atoms. The van der Waals surface area contributed by atoms with Crippen LogP contribution in [0.1, 0.15) is 11.1 Å². The Bertz CT molecular complexity index is 653. The Hall–Kier alpha value is -0.810. The number of rotatable bonds is 9. The van der Waals surface area contributed by atoms with Crippen LogP contribution in [0, 0.1) is 0 Å². The minimum absolute atomic E-state index is 0.0606. The number of hydrogen-bond donors (Lipinski definition) is 1. The van der Waals surface area contributed by atoms with Gasteiger partial charge in [-0.15, -0.1) is 11.8 Å². The molecule has 2 aromatic rings. The van der Waals surface area contributed by atoms with Crippen LogP contribution in [0.4, 0.5) is 0 Å². The van der Waals surface area contributed by atoms with Crippen molar-refractivity contribution in [2.75, 3.05) is 18.1 Å². The number of amides is 1. The molecule has 0 radical (unpaired) electrons. The number of benzene rings is 2. The molecule has 0 aromatic heterocycles. The van der Waals surface area contributed by atoms with Crippen molar-refractivity contribution >= 4 is 52.6 Å². The standard InChI is InChI=1S/C18H19Cl2NOS2/c19-16-7-6-15(17(20)10-16)12-24-13-18(22)21-8-9-23-11-14-4-2-1-3-5-14/h1-7,10H,8-9,11-13H2,(H,21,22). The number of carbonyl (C=O) groups is 1. The van der Waals surface area contributed by atoms with Gasteiger partial charge in [-0.1, -0.05) is 59.6 Å². The van der Waals surface area contributed by atoms with Crippen LogP contribution in [0.5, 0.6) is 0 Å². The van der Waals surface area contributed by atoms with Crippen LogP contribution >= 0.6 is 46.7 Å². The molecule has 128 valence electrons. The third-order valence-electron chi connectivity index (χ3n) is 3.19. The van der Waals surface area contributed by atoms with E-state index >= 15 is 0 Å². The summed E-state index contributed by atoms with van der Waals surface area (Å²) in [5, 5.41) is 4.21. The van der Waals surface area contributed by atoms with Gasteiger partial charge < -0.3 is 5.32 Å². The second-order valence-corrected chi connectivity index (χ2v) is 8.05. The smallest absolute Gasteiger partial charge is 0.230 e. The van der Waals surface area contributed by atoms with E-state index in [0.717, 1.165) is 17.1 Å². The Kier molecular flexibility index (Phi) is 8.89. The van der Waals surface area contributed by atoms with Gasteiger partial charge in [-0.2, -0.15) is 11.8 Å². The van der Waals surface area contributed by atoms with Gasteiger partial charge in [-0.25, -0.2) is 0 Å². The molecule has 0 fully saturated rings. The molecule has 2 rings (SSSR count). The maximum absolute atomic E-state index is 11.8. The quantitative estimate of drug-likeness (QED) is 0.581. The van der Waals surface area contributed by atoms with Gasteiger partial charge in [-0.3, -0.25) is 4.79 Å². The van der Waals surface area contributed by atoms with Crippen molar-refractivity contribution in [1.29, 1.82) is 0 Å². The van der Waals surface area contributed by atoms with Crippen molar-refractivity contribution in [3.63, 3.8) is 0 Å². The molecule has 0 atom stereocenters.